The van der Waals surface area contributed by atoms with Crippen molar-refractivity contribution in [1.82, 2.24) is 10.6 Å². The molecule has 2 rings (SSSR count). The summed E-state index contributed by atoms with van der Waals surface area (Å²) in [5.74, 6) is 0.824. The highest BCUT2D eigenvalue weighted by Gasteiger charge is 2.26. The lowest BCUT2D eigenvalue weighted by atomic mass is 9.85. The van der Waals surface area contributed by atoms with Crippen molar-refractivity contribution < 1.29 is 9.59 Å². The Morgan fingerprint density at radius 3 is 2.43 bits per heavy atom. The van der Waals surface area contributed by atoms with Crippen molar-refractivity contribution in [3.05, 3.63) is 34.9 Å². The molecule has 1 fully saturated rings. The number of nitrogens with one attached hydrogen (secondary N) is 2. The van der Waals surface area contributed by atoms with Gasteiger partial charge in [0.05, 0.1) is 0 Å². The summed E-state index contributed by atoms with van der Waals surface area (Å²) in [6.07, 6.45) is 5.29. The van der Waals surface area contributed by atoms with E-state index in [1.807, 2.05) is 12.1 Å². The lowest BCUT2D eigenvalue weighted by Crippen LogP contribution is -2.33. The van der Waals surface area contributed by atoms with Crippen molar-refractivity contribution >= 4 is 23.4 Å². The molecule has 0 spiro atoms. The van der Waals surface area contributed by atoms with Crippen LogP contribution >= 0.6 is 11.6 Å². The third-order valence-electron chi connectivity index (χ3n) is 4.51. The minimum atomic E-state index is -0.109. The van der Waals surface area contributed by atoms with Crippen LogP contribution in [0.1, 0.15) is 50.5 Å². The molecule has 0 aromatic heterocycles. The van der Waals surface area contributed by atoms with E-state index in [4.69, 9.17) is 11.6 Å². The van der Waals surface area contributed by atoms with Crippen LogP contribution in [0.25, 0.3) is 0 Å². The first-order valence-corrected chi connectivity index (χ1v) is 8.70. The number of carbonyl (C=O) groups excluding carboxylic acids is 2. The van der Waals surface area contributed by atoms with Gasteiger partial charge >= 0.3 is 0 Å². The Morgan fingerprint density at radius 2 is 1.83 bits per heavy atom. The number of hydrogen-bond donors (Lipinski definition) is 2. The Labute approximate surface area is 143 Å². The minimum Gasteiger partial charge on any atom is -0.356 e. The van der Waals surface area contributed by atoms with Crippen molar-refractivity contribution in [3.63, 3.8) is 0 Å². The van der Waals surface area contributed by atoms with Crippen molar-refractivity contribution in [2.75, 3.05) is 13.1 Å². The molecule has 1 atom stereocenters. The Balaban J connectivity index is 1.91. The molecule has 0 saturated heterocycles. The van der Waals surface area contributed by atoms with Crippen LogP contribution in [0.2, 0.25) is 5.02 Å². The summed E-state index contributed by atoms with van der Waals surface area (Å²) in [6.45, 7) is 2.48. The number of carbonyl (C=O) groups is 2. The van der Waals surface area contributed by atoms with Gasteiger partial charge < -0.3 is 10.6 Å². The summed E-state index contributed by atoms with van der Waals surface area (Å²) in [5, 5.41) is 6.40. The SMILES string of the molecule is CC(=O)NCCC(=O)NCC(c1ccc(Cl)cc1)C1CCCC1. The zero-order valence-electron chi connectivity index (χ0n) is 13.6. The second kappa shape index (κ2) is 8.92. The molecule has 1 aromatic carbocycles. The lowest BCUT2D eigenvalue weighted by molar-refractivity contribution is -0.121. The quantitative estimate of drug-likeness (QED) is 0.803. The van der Waals surface area contributed by atoms with E-state index in [0.717, 1.165) is 5.02 Å². The lowest BCUT2D eigenvalue weighted by Gasteiger charge is -2.24. The fourth-order valence-electron chi connectivity index (χ4n) is 3.29. The molecule has 1 aliphatic rings. The highest BCUT2D eigenvalue weighted by molar-refractivity contribution is 6.30. The molecule has 0 bridgehead atoms. The van der Waals surface area contributed by atoms with Gasteiger partial charge in [-0.15, -0.1) is 0 Å². The van der Waals surface area contributed by atoms with Crippen LogP contribution in [0.5, 0.6) is 0 Å². The number of hydrogen-bond acceptors (Lipinski definition) is 2. The van der Waals surface area contributed by atoms with E-state index in [1.54, 1.807) is 0 Å². The molecule has 1 aliphatic carbocycles. The van der Waals surface area contributed by atoms with E-state index >= 15 is 0 Å². The monoisotopic (exact) mass is 336 g/mol. The van der Waals surface area contributed by atoms with E-state index in [-0.39, 0.29) is 11.8 Å². The van der Waals surface area contributed by atoms with Crippen LogP contribution in [0.3, 0.4) is 0 Å². The Morgan fingerprint density at radius 1 is 1.17 bits per heavy atom. The maximum atomic E-state index is 11.9. The van der Waals surface area contributed by atoms with E-state index in [0.29, 0.717) is 31.3 Å². The first kappa shape index (κ1) is 17.8. The van der Waals surface area contributed by atoms with Gasteiger partial charge in [-0.3, -0.25) is 9.59 Å². The zero-order valence-corrected chi connectivity index (χ0v) is 14.4. The first-order valence-electron chi connectivity index (χ1n) is 8.33. The van der Waals surface area contributed by atoms with Crippen LogP contribution < -0.4 is 10.6 Å². The second-order valence-electron chi connectivity index (χ2n) is 6.24. The second-order valence-corrected chi connectivity index (χ2v) is 6.68. The molecular weight excluding hydrogens is 312 g/mol. The van der Waals surface area contributed by atoms with Crippen LogP contribution in [-0.4, -0.2) is 24.9 Å². The summed E-state index contributed by atoms with van der Waals surface area (Å²) in [5.41, 5.74) is 1.24. The Hall–Kier alpha value is -1.55. The molecule has 4 nitrogen and oxygen atoms in total. The topological polar surface area (TPSA) is 58.2 Å². The number of amides is 2. The predicted molar refractivity (Wildman–Crippen MR) is 92.5 cm³/mol. The van der Waals surface area contributed by atoms with Crippen LogP contribution in [0.15, 0.2) is 24.3 Å². The molecule has 23 heavy (non-hydrogen) atoms. The Bertz CT molecular complexity index is 524. The molecular formula is C18H25ClN2O2. The number of halogens is 1. The summed E-state index contributed by atoms with van der Waals surface area (Å²) in [7, 11) is 0. The molecule has 2 N–H and O–H groups in total. The van der Waals surface area contributed by atoms with Crippen molar-refractivity contribution in [1.29, 1.82) is 0 Å². The van der Waals surface area contributed by atoms with Gasteiger partial charge in [-0.1, -0.05) is 36.6 Å². The van der Waals surface area contributed by atoms with E-state index in [1.165, 1.54) is 38.2 Å². The number of rotatable bonds is 7. The standard InChI is InChI=1S/C18H25ClN2O2/c1-13(22)20-11-10-18(23)21-12-17(14-4-2-3-5-14)15-6-8-16(19)9-7-15/h6-9,14,17H,2-5,10-12H2,1H3,(H,20,22)(H,21,23). The van der Waals surface area contributed by atoms with Gasteiger partial charge in [-0.05, 0) is 36.5 Å². The molecule has 0 heterocycles. The van der Waals surface area contributed by atoms with E-state index < -0.39 is 0 Å². The summed E-state index contributed by atoms with van der Waals surface area (Å²) in [6, 6.07) is 7.96. The molecule has 1 unspecified atom stereocenters. The van der Waals surface area contributed by atoms with Crippen molar-refractivity contribution in [2.24, 2.45) is 5.92 Å². The smallest absolute Gasteiger partial charge is 0.221 e. The van der Waals surface area contributed by atoms with Gasteiger partial charge in [-0.2, -0.15) is 0 Å². The average molecular weight is 337 g/mol. The van der Waals surface area contributed by atoms with Gasteiger partial charge in [0.25, 0.3) is 0 Å². The normalized spacial score (nSPS) is 16.1. The fraction of sp³-hybridized carbons (Fsp3) is 0.556. The van der Waals surface area contributed by atoms with Gasteiger partial charge in [0.1, 0.15) is 0 Å². The Kier molecular flexibility index (Phi) is 6.90. The van der Waals surface area contributed by atoms with E-state index in [9.17, 15) is 9.59 Å². The molecule has 2 amide bonds. The summed E-state index contributed by atoms with van der Waals surface area (Å²) < 4.78 is 0. The molecule has 0 aliphatic heterocycles. The largest absolute Gasteiger partial charge is 0.356 e. The zero-order chi connectivity index (χ0) is 16.7. The van der Waals surface area contributed by atoms with Crippen LogP contribution in [0.4, 0.5) is 0 Å². The fourth-order valence-corrected chi connectivity index (χ4v) is 3.42. The van der Waals surface area contributed by atoms with Gasteiger partial charge in [0, 0.05) is 37.4 Å². The highest BCUT2D eigenvalue weighted by Crippen LogP contribution is 2.37. The van der Waals surface area contributed by atoms with Gasteiger partial charge in [-0.25, -0.2) is 0 Å². The summed E-state index contributed by atoms with van der Waals surface area (Å²) >= 11 is 5.98. The average Bonchev–Trinajstić information content (AvgIpc) is 3.03. The molecule has 1 saturated carbocycles. The van der Waals surface area contributed by atoms with Crippen LogP contribution in [0, 0.1) is 5.92 Å². The maximum Gasteiger partial charge on any atom is 0.221 e. The van der Waals surface area contributed by atoms with Gasteiger partial charge in [0.15, 0.2) is 0 Å². The van der Waals surface area contributed by atoms with Crippen molar-refractivity contribution in [2.45, 2.75) is 44.9 Å². The summed E-state index contributed by atoms with van der Waals surface area (Å²) in [4.78, 5) is 22.8. The molecule has 5 heteroatoms. The third-order valence-corrected chi connectivity index (χ3v) is 4.76. The van der Waals surface area contributed by atoms with Crippen molar-refractivity contribution in [3.8, 4) is 0 Å². The molecule has 1 aromatic rings. The van der Waals surface area contributed by atoms with Gasteiger partial charge in [0.2, 0.25) is 11.8 Å². The molecule has 0 radical (unpaired) electrons. The minimum absolute atomic E-state index is 0.0179. The highest BCUT2D eigenvalue weighted by atomic mass is 35.5. The van der Waals surface area contributed by atoms with Crippen LogP contribution in [-0.2, 0) is 9.59 Å². The number of benzene rings is 1. The van der Waals surface area contributed by atoms with E-state index in [2.05, 4.69) is 22.8 Å². The molecule has 126 valence electrons. The first-order chi connectivity index (χ1) is 11.1. The third kappa shape index (κ3) is 5.87. The maximum absolute atomic E-state index is 11.9. The predicted octanol–water partition coefficient (Wildman–Crippen LogP) is 3.26.